The normalized spacial score (nSPS) is 19.5. The molecule has 4 rings (SSSR count). The number of hydrogen-bond acceptors (Lipinski definition) is 2. The number of benzene rings is 3. The summed E-state index contributed by atoms with van der Waals surface area (Å²) in [5.74, 6) is -0.175. The summed E-state index contributed by atoms with van der Waals surface area (Å²) in [6.45, 7) is 0.331. The predicted octanol–water partition coefficient (Wildman–Crippen LogP) is 3.96. The first-order valence-electron chi connectivity index (χ1n) is 8.60. The van der Waals surface area contributed by atoms with Gasteiger partial charge in [-0.3, -0.25) is 9.69 Å². The van der Waals surface area contributed by atoms with Gasteiger partial charge in [-0.05, 0) is 17.2 Å². The average molecular weight is 341 g/mol. The van der Waals surface area contributed by atoms with E-state index >= 15 is 0 Å². The van der Waals surface area contributed by atoms with Gasteiger partial charge in [-0.2, -0.15) is 0 Å². The molecule has 0 fully saturated rings. The van der Waals surface area contributed by atoms with Crippen LogP contribution >= 0.6 is 0 Å². The molecule has 1 amide bonds. The summed E-state index contributed by atoms with van der Waals surface area (Å²) in [5, 5.41) is 11.5. The van der Waals surface area contributed by atoms with Crippen LogP contribution in [-0.2, 0) is 17.1 Å². The van der Waals surface area contributed by atoms with Gasteiger partial charge in [0.05, 0.1) is 0 Å². The highest BCUT2D eigenvalue weighted by molar-refractivity contribution is 6.22. The smallest absolute Gasteiger partial charge is 0.257 e. The first kappa shape index (κ1) is 16.3. The maximum atomic E-state index is 13.2. The lowest BCUT2D eigenvalue weighted by molar-refractivity contribution is -0.143. The molecule has 1 aliphatic rings. The topological polar surface area (TPSA) is 40.5 Å². The molecule has 0 radical (unpaired) electrons. The van der Waals surface area contributed by atoms with Gasteiger partial charge < -0.3 is 5.11 Å². The first-order chi connectivity index (χ1) is 12.7. The van der Waals surface area contributed by atoms with E-state index in [9.17, 15) is 9.90 Å². The zero-order valence-corrected chi connectivity index (χ0v) is 14.2. The zero-order chi connectivity index (χ0) is 18.0. The van der Waals surface area contributed by atoms with E-state index in [-0.39, 0.29) is 5.91 Å². The number of hydrogen-bond donors (Lipinski definition) is 1. The molecule has 1 atom stereocenters. The van der Waals surface area contributed by atoms with Gasteiger partial charge in [0, 0.05) is 17.7 Å². The van der Waals surface area contributed by atoms with Gasteiger partial charge in [0.25, 0.3) is 5.91 Å². The summed E-state index contributed by atoms with van der Waals surface area (Å²) in [6.07, 6.45) is 1.67. The molecule has 0 saturated heterocycles. The van der Waals surface area contributed by atoms with Crippen LogP contribution in [-0.4, -0.2) is 15.9 Å². The Morgan fingerprint density at radius 2 is 1.31 bits per heavy atom. The van der Waals surface area contributed by atoms with Gasteiger partial charge in [-0.15, -0.1) is 0 Å². The molecule has 0 saturated carbocycles. The van der Waals surface area contributed by atoms with Crippen molar-refractivity contribution in [3.63, 3.8) is 0 Å². The lowest BCUT2D eigenvalue weighted by atomic mass is 10.00. The Labute approximate surface area is 152 Å². The minimum atomic E-state index is -1.47. The molecule has 1 N–H and O–H groups in total. The Morgan fingerprint density at radius 3 is 1.92 bits per heavy atom. The molecule has 1 heterocycles. The van der Waals surface area contributed by atoms with Crippen molar-refractivity contribution in [2.45, 2.75) is 12.3 Å². The third-order valence-corrected chi connectivity index (χ3v) is 4.70. The lowest BCUT2D eigenvalue weighted by Crippen LogP contribution is -2.43. The van der Waals surface area contributed by atoms with E-state index in [1.807, 2.05) is 91.0 Å². The molecule has 3 nitrogen and oxygen atoms in total. The largest absolute Gasteiger partial charge is 0.363 e. The molecule has 1 aliphatic heterocycles. The number of rotatable bonds is 4. The van der Waals surface area contributed by atoms with Crippen LogP contribution in [0, 0.1) is 0 Å². The van der Waals surface area contributed by atoms with Crippen molar-refractivity contribution in [1.82, 2.24) is 4.90 Å². The van der Waals surface area contributed by atoms with E-state index in [1.165, 1.54) is 4.90 Å². The number of amides is 1. The van der Waals surface area contributed by atoms with Crippen LogP contribution in [0.4, 0.5) is 0 Å². The van der Waals surface area contributed by atoms with Crippen LogP contribution in [0.3, 0.4) is 0 Å². The van der Waals surface area contributed by atoms with Gasteiger partial charge >= 0.3 is 0 Å². The van der Waals surface area contributed by atoms with E-state index < -0.39 is 5.72 Å². The van der Waals surface area contributed by atoms with E-state index in [0.717, 1.165) is 11.1 Å². The Bertz CT molecular complexity index is 936. The summed E-state index contributed by atoms with van der Waals surface area (Å²) in [7, 11) is 0. The van der Waals surface area contributed by atoms with Crippen LogP contribution in [0.1, 0.15) is 16.7 Å². The fourth-order valence-corrected chi connectivity index (χ4v) is 3.35. The van der Waals surface area contributed by atoms with Crippen LogP contribution in [0.2, 0.25) is 0 Å². The van der Waals surface area contributed by atoms with Gasteiger partial charge in [0.2, 0.25) is 0 Å². The SMILES string of the molecule is O=C1C(c2ccccc2)=CC(O)(c2ccccc2)N1Cc1ccccc1. The molecule has 3 aromatic rings. The highest BCUT2D eigenvalue weighted by Crippen LogP contribution is 2.39. The minimum absolute atomic E-state index is 0.175. The number of nitrogens with zero attached hydrogens (tertiary/aromatic N) is 1. The molecule has 0 bridgehead atoms. The molecule has 0 aliphatic carbocycles. The minimum Gasteiger partial charge on any atom is -0.363 e. The third kappa shape index (κ3) is 2.83. The molecule has 3 heteroatoms. The van der Waals surface area contributed by atoms with Crippen LogP contribution in [0.25, 0.3) is 5.57 Å². The van der Waals surface area contributed by atoms with E-state index in [1.54, 1.807) is 6.08 Å². The quantitative estimate of drug-likeness (QED) is 0.780. The lowest BCUT2D eigenvalue weighted by Gasteiger charge is -2.33. The summed E-state index contributed by atoms with van der Waals surface area (Å²) < 4.78 is 0. The maximum absolute atomic E-state index is 13.2. The summed E-state index contributed by atoms with van der Waals surface area (Å²) in [4.78, 5) is 14.7. The fraction of sp³-hybridized carbons (Fsp3) is 0.0870. The van der Waals surface area contributed by atoms with Crippen LogP contribution < -0.4 is 0 Å². The number of carbonyl (C=O) groups excluding carboxylic acids is 1. The van der Waals surface area contributed by atoms with E-state index in [2.05, 4.69) is 0 Å². The Morgan fingerprint density at radius 1 is 0.769 bits per heavy atom. The second kappa shape index (κ2) is 6.62. The number of carbonyl (C=O) groups is 1. The standard InChI is InChI=1S/C23H19NO2/c25-22-21(19-12-6-2-7-13-19)16-23(26,20-14-8-3-9-15-20)24(22)17-18-10-4-1-5-11-18/h1-16,26H,17H2. The Balaban J connectivity index is 1.80. The molecular formula is C23H19NO2. The van der Waals surface area contributed by atoms with Crippen molar-refractivity contribution in [3.8, 4) is 0 Å². The maximum Gasteiger partial charge on any atom is 0.257 e. The second-order valence-electron chi connectivity index (χ2n) is 6.39. The molecular weight excluding hydrogens is 322 g/mol. The van der Waals surface area contributed by atoms with Crippen molar-refractivity contribution in [2.75, 3.05) is 0 Å². The summed E-state index contributed by atoms with van der Waals surface area (Å²) in [6, 6.07) is 28.5. The van der Waals surface area contributed by atoms with E-state index in [0.29, 0.717) is 17.7 Å². The van der Waals surface area contributed by atoms with Crippen molar-refractivity contribution in [3.05, 3.63) is 114 Å². The summed E-state index contributed by atoms with van der Waals surface area (Å²) in [5.41, 5.74) is 1.50. The van der Waals surface area contributed by atoms with Gasteiger partial charge in [0.1, 0.15) is 0 Å². The van der Waals surface area contributed by atoms with Gasteiger partial charge in [-0.1, -0.05) is 91.0 Å². The third-order valence-electron chi connectivity index (χ3n) is 4.70. The number of aliphatic hydroxyl groups is 1. The second-order valence-corrected chi connectivity index (χ2v) is 6.39. The average Bonchev–Trinajstić information content (AvgIpc) is 2.96. The zero-order valence-electron chi connectivity index (χ0n) is 14.2. The van der Waals surface area contributed by atoms with Crippen LogP contribution in [0.15, 0.2) is 97.1 Å². The molecule has 1 unspecified atom stereocenters. The highest BCUT2D eigenvalue weighted by atomic mass is 16.3. The molecule has 128 valence electrons. The van der Waals surface area contributed by atoms with Crippen LogP contribution in [0.5, 0.6) is 0 Å². The van der Waals surface area contributed by atoms with Crippen molar-refractivity contribution in [2.24, 2.45) is 0 Å². The molecule has 0 aromatic heterocycles. The molecule has 3 aromatic carbocycles. The predicted molar refractivity (Wildman–Crippen MR) is 102 cm³/mol. The van der Waals surface area contributed by atoms with Crippen molar-refractivity contribution >= 4 is 11.5 Å². The first-order valence-corrected chi connectivity index (χ1v) is 8.60. The fourth-order valence-electron chi connectivity index (χ4n) is 3.35. The van der Waals surface area contributed by atoms with E-state index in [4.69, 9.17) is 0 Å². The van der Waals surface area contributed by atoms with Crippen molar-refractivity contribution < 1.29 is 9.90 Å². The Kier molecular flexibility index (Phi) is 4.15. The molecule has 0 spiro atoms. The highest BCUT2D eigenvalue weighted by Gasteiger charge is 2.45. The monoisotopic (exact) mass is 341 g/mol. The van der Waals surface area contributed by atoms with Crippen molar-refractivity contribution in [1.29, 1.82) is 0 Å². The Hall–Kier alpha value is -3.17. The molecule has 26 heavy (non-hydrogen) atoms. The van der Waals surface area contributed by atoms with Gasteiger partial charge in [-0.25, -0.2) is 0 Å². The summed E-state index contributed by atoms with van der Waals surface area (Å²) >= 11 is 0. The van der Waals surface area contributed by atoms with Gasteiger partial charge in [0.15, 0.2) is 5.72 Å².